The Hall–Kier alpha value is -2.36. The molecule has 0 aliphatic heterocycles. The second-order valence-electron chi connectivity index (χ2n) is 6.95. The average Bonchev–Trinajstić information content (AvgIpc) is 2.44. The molecule has 0 saturated heterocycles. The zero-order valence-electron chi connectivity index (χ0n) is 14.1. The molecule has 0 amide bonds. The van der Waals surface area contributed by atoms with Crippen molar-refractivity contribution in [3.05, 3.63) is 47.5 Å². The van der Waals surface area contributed by atoms with Crippen molar-refractivity contribution in [2.24, 2.45) is 11.7 Å². The van der Waals surface area contributed by atoms with E-state index in [1.807, 2.05) is 64.1 Å². The molecule has 0 spiro atoms. The van der Waals surface area contributed by atoms with Gasteiger partial charge in [0, 0.05) is 5.56 Å². The molecule has 23 heavy (non-hydrogen) atoms. The fourth-order valence-electron chi connectivity index (χ4n) is 2.43. The molecule has 2 aromatic carbocycles. The van der Waals surface area contributed by atoms with Gasteiger partial charge in [-0.1, -0.05) is 37.3 Å². The number of nitrogen functional groups attached to an aromatic ring is 1. The number of nitrogens with two attached hydrogens (primary N) is 1. The van der Waals surface area contributed by atoms with Crippen LogP contribution in [0.25, 0.3) is 10.8 Å². The van der Waals surface area contributed by atoms with Crippen molar-refractivity contribution in [1.82, 2.24) is 0 Å². The van der Waals surface area contributed by atoms with Gasteiger partial charge in [-0.25, -0.2) is 0 Å². The molecular formula is C19H24N2O2. The van der Waals surface area contributed by atoms with Gasteiger partial charge < -0.3 is 10.5 Å². The van der Waals surface area contributed by atoms with E-state index in [9.17, 15) is 4.79 Å². The summed E-state index contributed by atoms with van der Waals surface area (Å²) < 4.78 is 5.43. The second kappa shape index (κ2) is 6.41. The number of hydrogen-bond donors (Lipinski definition) is 2. The molecule has 4 heteroatoms. The molecule has 0 saturated carbocycles. The van der Waals surface area contributed by atoms with Gasteiger partial charge in [-0.15, -0.1) is 0 Å². The minimum Gasteiger partial charge on any atom is -0.460 e. The van der Waals surface area contributed by atoms with Crippen molar-refractivity contribution >= 4 is 22.6 Å². The number of carbonyl (C=O) groups is 1. The van der Waals surface area contributed by atoms with Gasteiger partial charge in [-0.3, -0.25) is 10.2 Å². The highest BCUT2D eigenvalue weighted by molar-refractivity contribution is 5.99. The van der Waals surface area contributed by atoms with Gasteiger partial charge in [0.1, 0.15) is 11.4 Å². The summed E-state index contributed by atoms with van der Waals surface area (Å²) in [5.74, 6) is -0.336. The molecule has 2 rings (SSSR count). The first-order valence-electron chi connectivity index (χ1n) is 7.75. The first kappa shape index (κ1) is 17.0. The normalized spacial score (nSPS) is 12.9. The van der Waals surface area contributed by atoms with Crippen LogP contribution in [0.4, 0.5) is 0 Å². The summed E-state index contributed by atoms with van der Waals surface area (Å²) in [5, 5.41) is 9.64. The lowest BCUT2D eigenvalue weighted by atomic mass is 9.97. The summed E-state index contributed by atoms with van der Waals surface area (Å²) in [6.45, 7) is 7.50. The summed E-state index contributed by atoms with van der Waals surface area (Å²) in [6.07, 6.45) is 0.620. The van der Waals surface area contributed by atoms with Gasteiger partial charge in [0.25, 0.3) is 0 Å². The number of fused-ring (bicyclic) bond motifs is 1. The molecule has 0 heterocycles. The largest absolute Gasteiger partial charge is 0.460 e. The van der Waals surface area contributed by atoms with Crippen LogP contribution in [0, 0.1) is 11.3 Å². The lowest BCUT2D eigenvalue weighted by Crippen LogP contribution is -2.28. The third-order valence-electron chi connectivity index (χ3n) is 3.57. The van der Waals surface area contributed by atoms with Crippen molar-refractivity contribution < 1.29 is 9.53 Å². The fraction of sp³-hybridized carbons (Fsp3) is 0.368. The van der Waals surface area contributed by atoms with E-state index >= 15 is 0 Å². The van der Waals surface area contributed by atoms with Gasteiger partial charge in [0.15, 0.2) is 0 Å². The van der Waals surface area contributed by atoms with E-state index in [-0.39, 0.29) is 17.7 Å². The van der Waals surface area contributed by atoms with Gasteiger partial charge in [0.2, 0.25) is 0 Å². The predicted octanol–water partition coefficient (Wildman–Crippen LogP) is 3.64. The second-order valence-corrected chi connectivity index (χ2v) is 6.95. The Bertz CT molecular complexity index is 745. The van der Waals surface area contributed by atoms with Crippen LogP contribution in [0.2, 0.25) is 0 Å². The van der Waals surface area contributed by atoms with Crippen LogP contribution in [0.5, 0.6) is 0 Å². The summed E-state index contributed by atoms with van der Waals surface area (Å²) in [5.41, 5.74) is 6.85. The molecular weight excluding hydrogens is 288 g/mol. The van der Waals surface area contributed by atoms with Gasteiger partial charge in [-0.05, 0) is 49.6 Å². The molecule has 0 aromatic heterocycles. The van der Waals surface area contributed by atoms with Crippen LogP contribution in [0.1, 0.15) is 38.8 Å². The molecule has 1 unspecified atom stereocenters. The molecule has 0 bridgehead atoms. The first-order chi connectivity index (χ1) is 10.7. The third-order valence-corrected chi connectivity index (χ3v) is 3.57. The fourth-order valence-corrected chi connectivity index (χ4v) is 2.43. The maximum atomic E-state index is 12.1. The zero-order chi connectivity index (χ0) is 17.2. The summed E-state index contributed by atoms with van der Waals surface area (Å²) >= 11 is 0. The Labute approximate surface area is 137 Å². The third kappa shape index (κ3) is 4.55. The standard InChI is InChI=1S/C19H24N2O2/c1-12(18(22)23-19(2,3)4)9-13-5-6-14-7-8-15(17(20)21)11-16(14)10-13/h5-8,10-12H,9H2,1-4H3,(H3,20,21). The van der Waals surface area contributed by atoms with E-state index in [2.05, 4.69) is 0 Å². The number of esters is 1. The number of hydrogen-bond acceptors (Lipinski definition) is 3. The van der Waals surface area contributed by atoms with E-state index < -0.39 is 5.60 Å². The number of amidine groups is 1. The minimum absolute atomic E-state index is 0.0550. The molecule has 1 atom stereocenters. The Balaban J connectivity index is 2.20. The van der Waals surface area contributed by atoms with Crippen LogP contribution in [-0.4, -0.2) is 17.4 Å². The molecule has 0 aliphatic carbocycles. The Morgan fingerprint density at radius 1 is 1.17 bits per heavy atom. The van der Waals surface area contributed by atoms with E-state index in [0.29, 0.717) is 12.0 Å². The number of ether oxygens (including phenoxy) is 1. The highest BCUT2D eigenvalue weighted by atomic mass is 16.6. The van der Waals surface area contributed by atoms with Crippen LogP contribution in [-0.2, 0) is 16.0 Å². The van der Waals surface area contributed by atoms with Crippen LogP contribution < -0.4 is 5.73 Å². The lowest BCUT2D eigenvalue weighted by Gasteiger charge is -2.22. The predicted molar refractivity (Wildman–Crippen MR) is 93.7 cm³/mol. The zero-order valence-corrected chi connectivity index (χ0v) is 14.1. The maximum Gasteiger partial charge on any atom is 0.309 e. The topological polar surface area (TPSA) is 76.2 Å². The Morgan fingerprint density at radius 3 is 2.43 bits per heavy atom. The van der Waals surface area contributed by atoms with E-state index in [1.165, 1.54) is 0 Å². The van der Waals surface area contributed by atoms with Crippen molar-refractivity contribution in [2.75, 3.05) is 0 Å². The number of benzene rings is 2. The number of rotatable bonds is 4. The van der Waals surface area contributed by atoms with E-state index in [1.54, 1.807) is 0 Å². The van der Waals surface area contributed by atoms with Crippen LogP contribution >= 0.6 is 0 Å². The summed E-state index contributed by atoms with van der Waals surface area (Å²) in [4.78, 5) is 12.1. The molecule has 4 nitrogen and oxygen atoms in total. The monoisotopic (exact) mass is 312 g/mol. The Kier molecular flexibility index (Phi) is 4.73. The summed E-state index contributed by atoms with van der Waals surface area (Å²) in [7, 11) is 0. The molecule has 2 aromatic rings. The smallest absolute Gasteiger partial charge is 0.309 e. The quantitative estimate of drug-likeness (QED) is 0.514. The SMILES string of the molecule is CC(Cc1ccc2ccc(C(=N)N)cc2c1)C(=O)OC(C)(C)C. The highest BCUT2D eigenvalue weighted by Crippen LogP contribution is 2.21. The van der Waals surface area contributed by atoms with Crippen LogP contribution in [0.15, 0.2) is 36.4 Å². The maximum absolute atomic E-state index is 12.1. The van der Waals surface area contributed by atoms with Crippen molar-refractivity contribution in [3.8, 4) is 0 Å². The molecule has 0 radical (unpaired) electrons. The van der Waals surface area contributed by atoms with E-state index in [4.69, 9.17) is 15.9 Å². The van der Waals surface area contributed by atoms with E-state index in [0.717, 1.165) is 16.3 Å². The van der Waals surface area contributed by atoms with Crippen molar-refractivity contribution in [2.45, 2.75) is 39.7 Å². The average molecular weight is 312 g/mol. The van der Waals surface area contributed by atoms with Crippen molar-refractivity contribution in [3.63, 3.8) is 0 Å². The first-order valence-corrected chi connectivity index (χ1v) is 7.75. The molecule has 3 N–H and O–H groups in total. The number of nitrogens with one attached hydrogen (secondary N) is 1. The molecule has 122 valence electrons. The Morgan fingerprint density at radius 2 is 1.83 bits per heavy atom. The molecule has 0 fully saturated rings. The molecule has 0 aliphatic rings. The summed E-state index contributed by atoms with van der Waals surface area (Å²) in [6, 6.07) is 11.8. The van der Waals surface area contributed by atoms with Gasteiger partial charge in [0.05, 0.1) is 5.92 Å². The minimum atomic E-state index is -0.467. The van der Waals surface area contributed by atoms with Gasteiger partial charge >= 0.3 is 5.97 Å². The van der Waals surface area contributed by atoms with Crippen LogP contribution in [0.3, 0.4) is 0 Å². The lowest BCUT2D eigenvalue weighted by molar-refractivity contribution is -0.159. The van der Waals surface area contributed by atoms with Gasteiger partial charge in [-0.2, -0.15) is 0 Å². The van der Waals surface area contributed by atoms with Crippen molar-refractivity contribution in [1.29, 1.82) is 5.41 Å². The number of carbonyl (C=O) groups excluding carboxylic acids is 1. The highest BCUT2D eigenvalue weighted by Gasteiger charge is 2.21.